The summed E-state index contributed by atoms with van der Waals surface area (Å²) >= 11 is 0. The molecule has 2 aromatic carbocycles. The number of carbonyl (C=O) groups excluding carboxylic acids is 1. The van der Waals surface area contributed by atoms with E-state index >= 15 is 0 Å². The van der Waals surface area contributed by atoms with E-state index in [9.17, 15) is 14.9 Å². The van der Waals surface area contributed by atoms with Crippen molar-refractivity contribution >= 4 is 33.7 Å². The Morgan fingerprint density at radius 3 is 2.75 bits per heavy atom. The third kappa shape index (κ3) is 3.46. The number of ether oxygens (including phenoxy) is 1. The number of benzene rings is 2. The van der Waals surface area contributed by atoms with Gasteiger partial charge in [0.1, 0.15) is 0 Å². The second kappa shape index (κ2) is 7.40. The van der Waals surface area contributed by atoms with E-state index in [0.29, 0.717) is 5.69 Å². The molecule has 0 spiro atoms. The van der Waals surface area contributed by atoms with Crippen molar-refractivity contribution in [1.29, 1.82) is 0 Å². The van der Waals surface area contributed by atoms with Crippen molar-refractivity contribution in [1.82, 2.24) is 9.78 Å². The number of nitrogens with one attached hydrogen (secondary N) is 1. The smallest absolute Gasteiger partial charge is 0.280 e. The van der Waals surface area contributed by atoms with Crippen molar-refractivity contribution in [2.45, 2.75) is 32.4 Å². The standard InChI is InChI=1S/C20H20N4O4/c1-13(25)17-10-15(7-8-18(17)24(26)27)22-16-6-5-14-12-21-23(19(14)11-16)20-4-2-3-9-28-20/h5-8,10-12,20,22H,2-4,9H2,1H3. The molecule has 0 amide bonds. The van der Waals surface area contributed by atoms with Crippen LogP contribution >= 0.6 is 0 Å². The van der Waals surface area contributed by atoms with Crippen molar-refractivity contribution in [3.05, 3.63) is 58.3 Å². The number of hydrogen-bond donors (Lipinski definition) is 1. The number of rotatable bonds is 5. The van der Waals surface area contributed by atoms with Gasteiger partial charge in [0.2, 0.25) is 0 Å². The molecule has 1 aliphatic heterocycles. The molecule has 1 atom stereocenters. The molecule has 8 heteroatoms. The van der Waals surface area contributed by atoms with Crippen LogP contribution in [0.5, 0.6) is 0 Å². The summed E-state index contributed by atoms with van der Waals surface area (Å²) in [6.07, 6.45) is 4.86. The van der Waals surface area contributed by atoms with Crippen LogP contribution in [0.1, 0.15) is 42.8 Å². The Morgan fingerprint density at radius 2 is 2.04 bits per heavy atom. The SMILES string of the molecule is CC(=O)c1cc(Nc2ccc3cnn(C4CCCCO4)c3c2)ccc1[N+](=O)[O-]. The highest BCUT2D eigenvalue weighted by Gasteiger charge is 2.20. The maximum Gasteiger partial charge on any atom is 0.280 e. The summed E-state index contributed by atoms with van der Waals surface area (Å²) in [5.41, 5.74) is 2.24. The molecule has 144 valence electrons. The van der Waals surface area contributed by atoms with Gasteiger partial charge >= 0.3 is 0 Å². The molecule has 3 aromatic rings. The van der Waals surface area contributed by atoms with Gasteiger partial charge in [-0.1, -0.05) is 0 Å². The van der Waals surface area contributed by atoms with E-state index in [1.165, 1.54) is 19.1 Å². The van der Waals surface area contributed by atoms with Crippen LogP contribution in [0, 0.1) is 10.1 Å². The molecule has 1 fully saturated rings. The second-order valence-electron chi connectivity index (χ2n) is 6.85. The lowest BCUT2D eigenvalue weighted by Gasteiger charge is -2.23. The molecule has 4 rings (SSSR count). The summed E-state index contributed by atoms with van der Waals surface area (Å²) < 4.78 is 7.74. The minimum absolute atomic E-state index is 0.0646. The summed E-state index contributed by atoms with van der Waals surface area (Å²) in [4.78, 5) is 22.3. The van der Waals surface area contributed by atoms with Crippen LogP contribution in [-0.2, 0) is 4.74 Å². The number of aromatic nitrogens is 2. The summed E-state index contributed by atoms with van der Waals surface area (Å²) in [6.45, 7) is 2.06. The number of nitro groups is 1. The molecule has 1 aromatic heterocycles. The van der Waals surface area contributed by atoms with Crippen molar-refractivity contribution < 1.29 is 14.5 Å². The van der Waals surface area contributed by atoms with E-state index in [4.69, 9.17) is 4.74 Å². The van der Waals surface area contributed by atoms with Crippen LogP contribution in [0.15, 0.2) is 42.6 Å². The third-order valence-electron chi connectivity index (χ3n) is 4.89. The minimum atomic E-state index is -0.546. The zero-order valence-electron chi connectivity index (χ0n) is 15.4. The van der Waals surface area contributed by atoms with Gasteiger partial charge in [0.15, 0.2) is 12.0 Å². The number of hydrogen-bond acceptors (Lipinski definition) is 6. The predicted octanol–water partition coefficient (Wildman–Crippen LogP) is 4.59. The average Bonchev–Trinajstić information content (AvgIpc) is 3.11. The van der Waals surface area contributed by atoms with Gasteiger partial charge in [-0.3, -0.25) is 14.9 Å². The Hall–Kier alpha value is -3.26. The van der Waals surface area contributed by atoms with Crippen LogP contribution in [-0.4, -0.2) is 27.1 Å². The van der Waals surface area contributed by atoms with E-state index in [-0.39, 0.29) is 23.3 Å². The highest BCUT2D eigenvalue weighted by Crippen LogP contribution is 2.30. The summed E-state index contributed by atoms with van der Waals surface area (Å²) in [6, 6.07) is 10.3. The molecular formula is C20H20N4O4. The van der Waals surface area contributed by atoms with Crippen LogP contribution < -0.4 is 5.32 Å². The van der Waals surface area contributed by atoms with E-state index in [0.717, 1.165) is 42.5 Å². The van der Waals surface area contributed by atoms with Crippen LogP contribution in [0.2, 0.25) is 0 Å². The van der Waals surface area contributed by atoms with Crippen LogP contribution in [0.3, 0.4) is 0 Å². The first-order valence-electron chi connectivity index (χ1n) is 9.18. The topological polar surface area (TPSA) is 99.3 Å². The lowest BCUT2D eigenvalue weighted by Crippen LogP contribution is -2.18. The van der Waals surface area contributed by atoms with Gasteiger partial charge in [-0.15, -0.1) is 0 Å². The maximum atomic E-state index is 11.8. The molecule has 1 unspecified atom stereocenters. The third-order valence-corrected chi connectivity index (χ3v) is 4.89. The highest BCUT2D eigenvalue weighted by atomic mass is 16.6. The fourth-order valence-corrected chi connectivity index (χ4v) is 3.48. The number of ketones is 1. The fraction of sp³-hybridized carbons (Fsp3) is 0.300. The Kier molecular flexibility index (Phi) is 4.79. The van der Waals surface area contributed by atoms with Crippen molar-refractivity contribution in [2.24, 2.45) is 0 Å². The molecule has 1 N–H and O–H groups in total. The molecule has 2 heterocycles. The Bertz CT molecular complexity index is 1050. The average molecular weight is 380 g/mol. The van der Waals surface area contributed by atoms with Gasteiger partial charge in [0, 0.05) is 29.4 Å². The quantitative estimate of drug-likeness (QED) is 0.395. The number of anilines is 2. The first-order valence-corrected chi connectivity index (χ1v) is 9.18. The van der Waals surface area contributed by atoms with Gasteiger partial charge in [0.25, 0.3) is 5.69 Å². The van der Waals surface area contributed by atoms with Crippen molar-refractivity contribution in [3.63, 3.8) is 0 Å². The molecule has 0 bridgehead atoms. The Labute approximate surface area is 161 Å². The normalized spacial score (nSPS) is 16.8. The minimum Gasteiger partial charge on any atom is -0.356 e. The molecule has 0 aliphatic carbocycles. The van der Waals surface area contributed by atoms with Gasteiger partial charge in [-0.2, -0.15) is 5.10 Å². The van der Waals surface area contributed by atoms with Gasteiger partial charge in [-0.05, 0) is 56.5 Å². The molecule has 0 radical (unpaired) electrons. The van der Waals surface area contributed by atoms with Gasteiger partial charge < -0.3 is 10.1 Å². The van der Waals surface area contributed by atoms with E-state index in [1.807, 2.05) is 29.1 Å². The first-order chi connectivity index (χ1) is 13.5. The summed E-state index contributed by atoms with van der Waals surface area (Å²) in [5.74, 6) is -0.349. The Morgan fingerprint density at radius 1 is 1.25 bits per heavy atom. The molecule has 1 saturated heterocycles. The number of Topliss-reactive ketones (excluding diaryl/α,β-unsaturated/α-hetero) is 1. The number of nitrogens with zero attached hydrogens (tertiary/aromatic N) is 3. The Balaban J connectivity index is 1.65. The first kappa shape index (κ1) is 18.1. The lowest BCUT2D eigenvalue weighted by molar-refractivity contribution is -0.385. The molecule has 1 aliphatic rings. The maximum absolute atomic E-state index is 11.8. The number of fused-ring (bicyclic) bond motifs is 1. The number of nitro benzene ring substituents is 1. The zero-order chi connectivity index (χ0) is 19.7. The molecule has 8 nitrogen and oxygen atoms in total. The fourth-order valence-electron chi connectivity index (χ4n) is 3.48. The highest BCUT2D eigenvalue weighted by molar-refractivity contribution is 5.99. The molecule has 28 heavy (non-hydrogen) atoms. The summed E-state index contributed by atoms with van der Waals surface area (Å²) in [5, 5.41) is 19.8. The number of carbonyl (C=O) groups is 1. The van der Waals surface area contributed by atoms with E-state index < -0.39 is 4.92 Å². The van der Waals surface area contributed by atoms with Crippen molar-refractivity contribution in [3.8, 4) is 0 Å². The zero-order valence-corrected chi connectivity index (χ0v) is 15.4. The van der Waals surface area contributed by atoms with Gasteiger partial charge in [0.05, 0.1) is 22.2 Å². The predicted molar refractivity (Wildman–Crippen MR) is 105 cm³/mol. The largest absolute Gasteiger partial charge is 0.356 e. The van der Waals surface area contributed by atoms with E-state index in [2.05, 4.69) is 10.4 Å². The monoisotopic (exact) mass is 380 g/mol. The van der Waals surface area contributed by atoms with Crippen LogP contribution in [0.4, 0.5) is 17.1 Å². The van der Waals surface area contributed by atoms with Crippen molar-refractivity contribution in [2.75, 3.05) is 11.9 Å². The molecule has 0 saturated carbocycles. The molecular weight excluding hydrogens is 360 g/mol. The van der Waals surface area contributed by atoms with Crippen LogP contribution in [0.25, 0.3) is 10.9 Å². The second-order valence-corrected chi connectivity index (χ2v) is 6.85. The van der Waals surface area contributed by atoms with E-state index in [1.54, 1.807) is 6.07 Å². The lowest BCUT2D eigenvalue weighted by atomic mass is 10.1. The summed E-state index contributed by atoms with van der Waals surface area (Å²) in [7, 11) is 0. The van der Waals surface area contributed by atoms with Gasteiger partial charge in [-0.25, -0.2) is 4.68 Å².